The zero-order valence-electron chi connectivity index (χ0n) is 16.1. The van der Waals surface area contributed by atoms with Gasteiger partial charge in [-0.3, -0.25) is 0 Å². The summed E-state index contributed by atoms with van der Waals surface area (Å²) < 4.78 is 0. The van der Waals surface area contributed by atoms with Crippen LogP contribution in [0.5, 0.6) is 0 Å². The summed E-state index contributed by atoms with van der Waals surface area (Å²) in [6.07, 6.45) is 16.1. The molecule has 1 aromatic rings. The molecule has 0 spiro atoms. The van der Waals surface area contributed by atoms with Gasteiger partial charge in [0.15, 0.2) is 11.9 Å². The van der Waals surface area contributed by atoms with E-state index >= 15 is 0 Å². The van der Waals surface area contributed by atoms with Crippen molar-refractivity contribution in [1.82, 2.24) is 20.2 Å². The summed E-state index contributed by atoms with van der Waals surface area (Å²) in [6.45, 7) is 4.30. The van der Waals surface area contributed by atoms with E-state index in [0.29, 0.717) is 12.2 Å². The Hall–Kier alpha value is -1.46. The Kier molecular flexibility index (Phi) is 11.9. The lowest BCUT2D eigenvalue weighted by molar-refractivity contribution is -0.141. The smallest absolute Gasteiger partial charge is 0.330 e. The number of rotatable bonds is 16. The highest BCUT2D eigenvalue weighted by atomic mass is 16.4. The van der Waals surface area contributed by atoms with Gasteiger partial charge in [-0.15, -0.1) is 15.0 Å². The largest absolute Gasteiger partial charge is 0.480 e. The molecular weight excluding hydrogens is 316 g/mol. The van der Waals surface area contributed by atoms with Crippen molar-refractivity contribution < 1.29 is 9.90 Å². The van der Waals surface area contributed by atoms with E-state index in [4.69, 9.17) is 0 Å². The van der Waals surface area contributed by atoms with Gasteiger partial charge in [0.05, 0.1) is 0 Å². The standard InChI is InChI=1S/C19H36N4O2/c1-3-5-7-8-9-10-11-12-13-14-16-18-20-22-23(21-18)17(19(24)25)15-6-4-2/h17H,3-16H2,1-2H3,(H,24,25). The number of aromatic nitrogens is 4. The first-order valence-electron chi connectivity index (χ1n) is 10.2. The second-order valence-electron chi connectivity index (χ2n) is 6.95. The van der Waals surface area contributed by atoms with Crippen LogP contribution < -0.4 is 0 Å². The minimum atomic E-state index is -0.878. The summed E-state index contributed by atoms with van der Waals surface area (Å²) in [7, 11) is 0. The topological polar surface area (TPSA) is 80.9 Å². The van der Waals surface area contributed by atoms with Crippen LogP contribution in [0.25, 0.3) is 0 Å². The van der Waals surface area contributed by atoms with Gasteiger partial charge in [-0.05, 0) is 18.1 Å². The van der Waals surface area contributed by atoms with Gasteiger partial charge in [0.1, 0.15) is 0 Å². The number of aryl methyl sites for hydroxylation is 1. The molecule has 6 nitrogen and oxygen atoms in total. The number of tetrazole rings is 1. The first-order chi connectivity index (χ1) is 12.2. The van der Waals surface area contributed by atoms with E-state index in [1.54, 1.807) is 0 Å². The monoisotopic (exact) mass is 352 g/mol. The number of aliphatic carboxylic acids is 1. The maximum absolute atomic E-state index is 11.3. The molecule has 0 saturated heterocycles. The molecule has 0 radical (unpaired) electrons. The number of carboxylic acid groups (broad SMARTS) is 1. The maximum Gasteiger partial charge on any atom is 0.330 e. The molecule has 0 aliphatic rings. The van der Waals surface area contributed by atoms with E-state index in [2.05, 4.69) is 22.3 Å². The number of carboxylic acids is 1. The van der Waals surface area contributed by atoms with Crippen LogP contribution in [0.1, 0.15) is 109 Å². The second kappa shape index (κ2) is 13.8. The fourth-order valence-corrected chi connectivity index (χ4v) is 2.99. The number of unbranched alkanes of at least 4 members (excludes halogenated alkanes) is 10. The highest BCUT2D eigenvalue weighted by Crippen LogP contribution is 2.14. The average Bonchev–Trinajstić information content (AvgIpc) is 3.05. The molecule has 0 fully saturated rings. The van der Waals surface area contributed by atoms with Crippen LogP contribution in [-0.4, -0.2) is 31.3 Å². The molecular formula is C19H36N4O2. The molecule has 1 unspecified atom stereocenters. The minimum Gasteiger partial charge on any atom is -0.480 e. The highest BCUT2D eigenvalue weighted by molar-refractivity contribution is 5.71. The van der Waals surface area contributed by atoms with Gasteiger partial charge in [0.2, 0.25) is 0 Å². The maximum atomic E-state index is 11.3. The number of carbonyl (C=O) groups is 1. The molecule has 1 N–H and O–H groups in total. The van der Waals surface area contributed by atoms with E-state index in [-0.39, 0.29) is 0 Å². The average molecular weight is 353 g/mol. The van der Waals surface area contributed by atoms with Crippen molar-refractivity contribution in [3.8, 4) is 0 Å². The van der Waals surface area contributed by atoms with Crippen LogP contribution in [0.15, 0.2) is 0 Å². The predicted molar refractivity (Wildman–Crippen MR) is 99.6 cm³/mol. The van der Waals surface area contributed by atoms with Crippen LogP contribution >= 0.6 is 0 Å². The molecule has 25 heavy (non-hydrogen) atoms. The van der Waals surface area contributed by atoms with Crippen molar-refractivity contribution in [2.24, 2.45) is 0 Å². The third kappa shape index (κ3) is 9.56. The molecule has 144 valence electrons. The molecule has 6 heteroatoms. The lowest BCUT2D eigenvalue weighted by Gasteiger charge is -2.09. The molecule has 0 aromatic carbocycles. The fourth-order valence-electron chi connectivity index (χ4n) is 2.99. The molecule has 0 bridgehead atoms. The van der Waals surface area contributed by atoms with E-state index in [9.17, 15) is 9.90 Å². The quantitative estimate of drug-likeness (QED) is 0.426. The minimum absolute atomic E-state index is 0.555. The third-order valence-corrected chi connectivity index (χ3v) is 4.62. The SMILES string of the molecule is CCCCCCCCCCCCc1nnn(C(CCCC)C(=O)O)n1. The van der Waals surface area contributed by atoms with Gasteiger partial charge in [0, 0.05) is 6.42 Å². The van der Waals surface area contributed by atoms with Gasteiger partial charge < -0.3 is 5.11 Å². The first kappa shape index (κ1) is 21.6. The molecule has 0 saturated carbocycles. The molecule has 1 aromatic heterocycles. The summed E-state index contributed by atoms with van der Waals surface area (Å²) in [5.74, 6) is -0.210. The van der Waals surface area contributed by atoms with Gasteiger partial charge in [-0.2, -0.15) is 0 Å². The molecule has 1 atom stereocenters. The van der Waals surface area contributed by atoms with E-state index in [1.165, 1.54) is 62.6 Å². The lowest BCUT2D eigenvalue weighted by Crippen LogP contribution is -2.21. The number of hydrogen-bond donors (Lipinski definition) is 1. The Morgan fingerprint density at radius 2 is 1.48 bits per heavy atom. The van der Waals surface area contributed by atoms with Crippen molar-refractivity contribution in [3.05, 3.63) is 5.82 Å². The van der Waals surface area contributed by atoms with Crippen LogP contribution in [0.3, 0.4) is 0 Å². The summed E-state index contributed by atoms with van der Waals surface area (Å²) in [6, 6.07) is -0.686. The third-order valence-electron chi connectivity index (χ3n) is 4.62. The highest BCUT2D eigenvalue weighted by Gasteiger charge is 2.21. The lowest BCUT2D eigenvalue weighted by atomic mass is 10.1. The first-order valence-corrected chi connectivity index (χ1v) is 10.2. The van der Waals surface area contributed by atoms with Crippen LogP contribution in [0.4, 0.5) is 0 Å². The van der Waals surface area contributed by atoms with Gasteiger partial charge >= 0.3 is 5.97 Å². The van der Waals surface area contributed by atoms with Crippen LogP contribution in [-0.2, 0) is 11.2 Å². The summed E-state index contributed by atoms with van der Waals surface area (Å²) in [4.78, 5) is 12.6. The normalized spacial score (nSPS) is 12.4. The van der Waals surface area contributed by atoms with Gasteiger partial charge in [0.25, 0.3) is 0 Å². The van der Waals surface area contributed by atoms with E-state index in [0.717, 1.165) is 25.7 Å². The predicted octanol–water partition coefficient (Wildman–Crippen LogP) is 4.95. The molecule has 1 rings (SSSR count). The summed E-state index contributed by atoms with van der Waals surface area (Å²) in [5.41, 5.74) is 0. The number of nitrogens with zero attached hydrogens (tertiary/aromatic N) is 4. The van der Waals surface area contributed by atoms with Crippen molar-refractivity contribution in [1.29, 1.82) is 0 Å². The molecule has 0 aliphatic carbocycles. The van der Waals surface area contributed by atoms with Crippen molar-refractivity contribution >= 4 is 5.97 Å². The summed E-state index contributed by atoms with van der Waals surface area (Å²) >= 11 is 0. The Bertz CT molecular complexity index is 462. The Labute approximate surface area is 152 Å². The molecule has 0 amide bonds. The van der Waals surface area contributed by atoms with Crippen LogP contribution in [0.2, 0.25) is 0 Å². The summed E-state index contributed by atoms with van der Waals surface area (Å²) in [5, 5.41) is 21.5. The fraction of sp³-hybridized carbons (Fsp3) is 0.895. The van der Waals surface area contributed by atoms with Gasteiger partial charge in [-0.1, -0.05) is 84.5 Å². The van der Waals surface area contributed by atoms with Crippen molar-refractivity contribution in [2.75, 3.05) is 0 Å². The Morgan fingerprint density at radius 1 is 0.920 bits per heavy atom. The van der Waals surface area contributed by atoms with Crippen molar-refractivity contribution in [2.45, 2.75) is 110 Å². The van der Waals surface area contributed by atoms with Crippen LogP contribution in [0, 0.1) is 0 Å². The van der Waals surface area contributed by atoms with E-state index < -0.39 is 12.0 Å². The van der Waals surface area contributed by atoms with E-state index in [1.807, 2.05) is 6.92 Å². The zero-order valence-corrected chi connectivity index (χ0v) is 16.1. The van der Waals surface area contributed by atoms with Crippen molar-refractivity contribution in [3.63, 3.8) is 0 Å². The zero-order chi connectivity index (χ0) is 18.3. The molecule has 0 aliphatic heterocycles. The second-order valence-corrected chi connectivity index (χ2v) is 6.95. The van der Waals surface area contributed by atoms with Gasteiger partial charge in [-0.25, -0.2) is 4.79 Å². The molecule has 1 heterocycles. The Balaban J connectivity index is 2.15. The number of hydrogen-bond acceptors (Lipinski definition) is 4. The Morgan fingerprint density at radius 3 is 2.04 bits per heavy atom.